The van der Waals surface area contributed by atoms with Crippen LogP contribution in [-0.4, -0.2) is 32.1 Å². The van der Waals surface area contributed by atoms with Gasteiger partial charge in [-0.15, -0.1) is 0 Å². The van der Waals surface area contributed by atoms with Crippen LogP contribution in [-0.2, 0) is 9.59 Å². The van der Waals surface area contributed by atoms with Crippen molar-refractivity contribution in [1.82, 2.24) is 5.32 Å². The summed E-state index contributed by atoms with van der Waals surface area (Å²) in [6.07, 6.45) is 1.42. The Labute approximate surface area is 163 Å². The predicted octanol–water partition coefficient (Wildman–Crippen LogP) is 3.13. The maximum atomic E-state index is 12.9. The molecule has 1 saturated heterocycles. The standard InChI is InChI=1S/C19H15BrN2O5/c1-26-13-5-3-4-12(10-13)22-18(24)14(17(23)21-19(22)25)8-11-6-7-16(27-2)15(20)9-11/h3-10H,1-2H3,(H,21,23,25). The van der Waals surface area contributed by atoms with Gasteiger partial charge in [0.25, 0.3) is 11.8 Å². The van der Waals surface area contributed by atoms with Crippen LogP contribution in [0.4, 0.5) is 10.5 Å². The third kappa shape index (κ3) is 3.70. The Morgan fingerprint density at radius 1 is 1.04 bits per heavy atom. The maximum absolute atomic E-state index is 12.9. The fourth-order valence-corrected chi connectivity index (χ4v) is 3.14. The summed E-state index contributed by atoms with van der Waals surface area (Å²) in [6, 6.07) is 10.7. The number of hydrogen-bond donors (Lipinski definition) is 1. The van der Waals surface area contributed by atoms with Crippen molar-refractivity contribution in [2.45, 2.75) is 0 Å². The zero-order chi connectivity index (χ0) is 19.6. The number of urea groups is 1. The number of nitrogens with one attached hydrogen (secondary N) is 1. The Morgan fingerprint density at radius 2 is 1.81 bits per heavy atom. The number of amides is 4. The topological polar surface area (TPSA) is 84.9 Å². The van der Waals surface area contributed by atoms with Crippen molar-refractivity contribution in [2.75, 3.05) is 19.1 Å². The molecule has 2 aromatic rings. The van der Waals surface area contributed by atoms with E-state index in [2.05, 4.69) is 21.2 Å². The smallest absolute Gasteiger partial charge is 0.335 e. The quantitative estimate of drug-likeness (QED) is 0.594. The van der Waals surface area contributed by atoms with E-state index in [9.17, 15) is 14.4 Å². The van der Waals surface area contributed by atoms with Gasteiger partial charge in [0.15, 0.2) is 0 Å². The zero-order valence-corrected chi connectivity index (χ0v) is 16.1. The number of ether oxygens (including phenoxy) is 2. The molecule has 138 valence electrons. The molecule has 4 amide bonds. The van der Waals surface area contributed by atoms with Gasteiger partial charge in [0.1, 0.15) is 17.1 Å². The van der Waals surface area contributed by atoms with E-state index in [1.165, 1.54) is 26.4 Å². The van der Waals surface area contributed by atoms with E-state index >= 15 is 0 Å². The minimum absolute atomic E-state index is 0.158. The Balaban J connectivity index is 2.00. The Kier molecular flexibility index (Phi) is 5.27. The first-order chi connectivity index (χ1) is 12.9. The maximum Gasteiger partial charge on any atom is 0.335 e. The average molecular weight is 431 g/mol. The minimum Gasteiger partial charge on any atom is -0.497 e. The lowest BCUT2D eigenvalue weighted by Gasteiger charge is -2.26. The molecule has 8 heteroatoms. The van der Waals surface area contributed by atoms with Gasteiger partial charge in [0.05, 0.1) is 24.4 Å². The molecule has 0 unspecified atom stereocenters. The highest BCUT2D eigenvalue weighted by Crippen LogP contribution is 2.28. The summed E-state index contributed by atoms with van der Waals surface area (Å²) in [4.78, 5) is 38.2. The first kappa shape index (κ1) is 18.7. The van der Waals surface area contributed by atoms with E-state index in [1.54, 1.807) is 36.4 Å². The van der Waals surface area contributed by atoms with Crippen molar-refractivity contribution >= 4 is 45.5 Å². The van der Waals surface area contributed by atoms with E-state index in [4.69, 9.17) is 9.47 Å². The summed E-state index contributed by atoms with van der Waals surface area (Å²) < 4.78 is 11.0. The Bertz CT molecular complexity index is 970. The SMILES string of the molecule is COc1cccc(N2C(=O)NC(=O)C(=Cc3ccc(OC)c(Br)c3)C2=O)c1. The molecule has 0 aromatic heterocycles. The molecule has 0 aliphatic carbocycles. The fourth-order valence-electron chi connectivity index (χ4n) is 2.58. The average Bonchev–Trinajstić information content (AvgIpc) is 2.65. The van der Waals surface area contributed by atoms with E-state index in [1.807, 2.05) is 0 Å². The third-order valence-corrected chi connectivity index (χ3v) is 4.52. The van der Waals surface area contributed by atoms with Gasteiger partial charge in [0, 0.05) is 6.07 Å². The number of rotatable bonds is 4. The number of barbiturate groups is 1. The Morgan fingerprint density at radius 3 is 2.48 bits per heavy atom. The number of nitrogens with zero attached hydrogens (tertiary/aromatic N) is 1. The zero-order valence-electron chi connectivity index (χ0n) is 14.5. The summed E-state index contributed by atoms with van der Waals surface area (Å²) in [5.74, 6) is -0.376. The Hall–Kier alpha value is -3.13. The molecule has 1 fully saturated rings. The molecular formula is C19H15BrN2O5. The van der Waals surface area contributed by atoms with Crippen LogP contribution in [0.25, 0.3) is 6.08 Å². The van der Waals surface area contributed by atoms with Crippen LogP contribution in [0.3, 0.4) is 0 Å². The summed E-state index contributed by atoms with van der Waals surface area (Å²) >= 11 is 3.36. The van der Waals surface area contributed by atoms with Gasteiger partial charge < -0.3 is 9.47 Å². The molecular weight excluding hydrogens is 416 g/mol. The second kappa shape index (κ2) is 7.63. The van der Waals surface area contributed by atoms with Crippen molar-refractivity contribution in [3.63, 3.8) is 0 Å². The lowest BCUT2D eigenvalue weighted by molar-refractivity contribution is -0.122. The summed E-state index contributed by atoms with van der Waals surface area (Å²) in [6.45, 7) is 0. The highest BCUT2D eigenvalue weighted by molar-refractivity contribution is 9.10. The van der Waals surface area contributed by atoms with Crippen molar-refractivity contribution in [3.8, 4) is 11.5 Å². The molecule has 0 atom stereocenters. The van der Waals surface area contributed by atoms with Crippen molar-refractivity contribution in [3.05, 3.63) is 58.1 Å². The van der Waals surface area contributed by atoms with Crippen LogP contribution in [0, 0.1) is 0 Å². The second-order valence-electron chi connectivity index (χ2n) is 5.55. The van der Waals surface area contributed by atoms with E-state index in [0.717, 1.165) is 4.90 Å². The molecule has 1 aliphatic rings. The van der Waals surface area contributed by atoms with Gasteiger partial charge in [-0.05, 0) is 51.8 Å². The molecule has 0 radical (unpaired) electrons. The van der Waals surface area contributed by atoms with Gasteiger partial charge in [0.2, 0.25) is 0 Å². The molecule has 1 heterocycles. The number of hydrogen-bond acceptors (Lipinski definition) is 5. The van der Waals surface area contributed by atoms with Crippen LogP contribution in [0.2, 0.25) is 0 Å². The molecule has 7 nitrogen and oxygen atoms in total. The van der Waals surface area contributed by atoms with Gasteiger partial charge in [-0.25, -0.2) is 9.69 Å². The third-order valence-electron chi connectivity index (χ3n) is 3.90. The van der Waals surface area contributed by atoms with E-state index in [0.29, 0.717) is 27.2 Å². The fraction of sp³-hybridized carbons (Fsp3) is 0.105. The minimum atomic E-state index is -0.814. The first-order valence-corrected chi connectivity index (χ1v) is 8.63. The summed E-state index contributed by atoms with van der Waals surface area (Å²) in [5, 5.41) is 2.18. The van der Waals surface area contributed by atoms with Crippen LogP contribution >= 0.6 is 15.9 Å². The second-order valence-corrected chi connectivity index (χ2v) is 6.41. The van der Waals surface area contributed by atoms with Crippen LogP contribution in [0.5, 0.6) is 11.5 Å². The van der Waals surface area contributed by atoms with Crippen LogP contribution < -0.4 is 19.7 Å². The molecule has 0 saturated carbocycles. The van der Waals surface area contributed by atoms with Crippen molar-refractivity contribution in [1.29, 1.82) is 0 Å². The first-order valence-electron chi connectivity index (χ1n) is 7.83. The lowest BCUT2D eigenvalue weighted by atomic mass is 10.1. The van der Waals surface area contributed by atoms with Gasteiger partial charge in [-0.1, -0.05) is 12.1 Å². The predicted molar refractivity (Wildman–Crippen MR) is 103 cm³/mol. The molecule has 27 heavy (non-hydrogen) atoms. The summed E-state index contributed by atoms with van der Waals surface area (Å²) in [7, 11) is 3.02. The van der Waals surface area contributed by atoms with E-state index in [-0.39, 0.29) is 5.57 Å². The number of methoxy groups -OCH3 is 2. The number of anilines is 1. The molecule has 3 rings (SSSR count). The normalized spacial score (nSPS) is 15.7. The highest BCUT2D eigenvalue weighted by Gasteiger charge is 2.36. The van der Waals surface area contributed by atoms with Crippen molar-refractivity contribution in [2.24, 2.45) is 0 Å². The number of benzene rings is 2. The number of imide groups is 2. The molecule has 2 aromatic carbocycles. The van der Waals surface area contributed by atoms with Crippen LogP contribution in [0.1, 0.15) is 5.56 Å². The lowest BCUT2D eigenvalue weighted by Crippen LogP contribution is -2.54. The monoisotopic (exact) mass is 430 g/mol. The van der Waals surface area contributed by atoms with Crippen molar-refractivity contribution < 1.29 is 23.9 Å². The molecule has 1 N–H and O–H groups in total. The molecule has 0 bridgehead atoms. The van der Waals surface area contributed by atoms with Crippen LogP contribution in [0.15, 0.2) is 52.5 Å². The van der Waals surface area contributed by atoms with E-state index < -0.39 is 17.8 Å². The number of halogens is 1. The van der Waals surface area contributed by atoms with Gasteiger partial charge >= 0.3 is 6.03 Å². The molecule has 0 spiro atoms. The number of carbonyl (C=O) groups excluding carboxylic acids is 3. The molecule has 1 aliphatic heterocycles. The number of carbonyl (C=O) groups is 3. The highest BCUT2D eigenvalue weighted by atomic mass is 79.9. The van der Waals surface area contributed by atoms with Gasteiger partial charge in [-0.3, -0.25) is 14.9 Å². The summed E-state index contributed by atoms with van der Waals surface area (Å²) in [5.41, 5.74) is 0.738. The largest absolute Gasteiger partial charge is 0.497 e. The van der Waals surface area contributed by atoms with Gasteiger partial charge in [-0.2, -0.15) is 0 Å².